The van der Waals surface area contributed by atoms with Gasteiger partial charge in [0.25, 0.3) is 0 Å². The zero-order valence-corrected chi connectivity index (χ0v) is 14.5. The highest BCUT2D eigenvalue weighted by Gasteiger charge is 2.45. The lowest BCUT2D eigenvalue weighted by atomic mass is 9.99. The number of ether oxygens (including phenoxy) is 4. The standard InChI is InChI=1S/C18H22O9/c1-2-24-13(19)8-9-14(20)25-10-12-15(21)16(22)17(23)18(27-12)26-11-6-4-3-5-7-11/h2-7,12,15-18,21-23H,1,8-10H2/t12-,15-,16+,17-,18-/m1/s1. The first-order valence-electron chi connectivity index (χ1n) is 8.29. The maximum absolute atomic E-state index is 11.7. The molecule has 1 aliphatic heterocycles. The number of hydrogen-bond donors (Lipinski definition) is 3. The van der Waals surface area contributed by atoms with Gasteiger partial charge in [-0.05, 0) is 12.1 Å². The highest BCUT2D eigenvalue weighted by Crippen LogP contribution is 2.24. The van der Waals surface area contributed by atoms with Gasteiger partial charge in [-0.3, -0.25) is 9.59 Å². The van der Waals surface area contributed by atoms with Crippen molar-refractivity contribution in [2.75, 3.05) is 6.61 Å². The predicted molar refractivity (Wildman–Crippen MR) is 90.2 cm³/mol. The van der Waals surface area contributed by atoms with Crippen LogP contribution in [0.2, 0.25) is 0 Å². The monoisotopic (exact) mass is 382 g/mol. The van der Waals surface area contributed by atoms with E-state index in [1.165, 1.54) is 0 Å². The summed E-state index contributed by atoms with van der Waals surface area (Å²) in [6.07, 6.45) is -6.41. The van der Waals surface area contributed by atoms with Gasteiger partial charge in [0.05, 0.1) is 19.1 Å². The molecule has 0 bridgehead atoms. The third-order valence-corrected chi connectivity index (χ3v) is 3.82. The summed E-state index contributed by atoms with van der Waals surface area (Å²) in [6.45, 7) is 2.83. The lowest BCUT2D eigenvalue weighted by molar-refractivity contribution is -0.278. The van der Waals surface area contributed by atoms with E-state index >= 15 is 0 Å². The highest BCUT2D eigenvalue weighted by atomic mass is 16.7. The highest BCUT2D eigenvalue weighted by molar-refractivity contribution is 5.77. The molecule has 9 heteroatoms. The molecule has 27 heavy (non-hydrogen) atoms. The predicted octanol–water partition coefficient (Wildman–Crippen LogP) is -0.117. The van der Waals surface area contributed by atoms with Crippen molar-refractivity contribution < 1.29 is 43.9 Å². The van der Waals surface area contributed by atoms with E-state index in [1.807, 2.05) is 0 Å². The van der Waals surface area contributed by atoms with E-state index in [0.29, 0.717) is 5.75 Å². The van der Waals surface area contributed by atoms with Crippen LogP contribution in [0.15, 0.2) is 43.2 Å². The SMILES string of the molecule is C=COC(=O)CCC(=O)OC[C@H]1O[C@@H](Oc2ccccc2)[C@H](O)[C@@H](O)[C@@H]1O. The molecule has 1 aromatic rings. The lowest BCUT2D eigenvalue weighted by Gasteiger charge is -2.39. The summed E-state index contributed by atoms with van der Waals surface area (Å²) >= 11 is 0. The quantitative estimate of drug-likeness (QED) is 0.416. The number of benzene rings is 1. The van der Waals surface area contributed by atoms with Crippen molar-refractivity contribution in [2.24, 2.45) is 0 Å². The number of carbonyl (C=O) groups excluding carboxylic acids is 2. The molecule has 1 saturated heterocycles. The molecular formula is C18H22O9. The van der Waals surface area contributed by atoms with Crippen molar-refractivity contribution in [3.8, 4) is 5.75 Å². The molecule has 0 saturated carbocycles. The summed E-state index contributed by atoms with van der Waals surface area (Å²) in [5.74, 6) is -0.958. The normalized spacial score (nSPS) is 27.4. The number of aliphatic hydroxyl groups excluding tert-OH is 3. The van der Waals surface area contributed by atoms with Gasteiger partial charge in [0.15, 0.2) is 0 Å². The zero-order valence-electron chi connectivity index (χ0n) is 14.5. The molecule has 148 valence electrons. The van der Waals surface area contributed by atoms with E-state index in [-0.39, 0.29) is 12.8 Å². The fraction of sp³-hybridized carbons (Fsp3) is 0.444. The lowest BCUT2D eigenvalue weighted by Crippen LogP contribution is -2.60. The van der Waals surface area contributed by atoms with Crippen molar-refractivity contribution in [3.05, 3.63) is 43.2 Å². The van der Waals surface area contributed by atoms with Gasteiger partial charge in [0.2, 0.25) is 6.29 Å². The fourth-order valence-corrected chi connectivity index (χ4v) is 2.39. The second-order valence-electron chi connectivity index (χ2n) is 5.79. The van der Waals surface area contributed by atoms with Crippen LogP contribution in [0.5, 0.6) is 5.75 Å². The molecule has 5 atom stereocenters. The Hall–Kier alpha value is -2.46. The maximum Gasteiger partial charge on any atom is 0.311 e. The summed E-state index contributed by atoms with van der Waals surface area (Å²) in [7, 11) is 0. The van der Waals surface area contributed by atoms with Crippen LogP contribution in [0.3, 0.4) is 0 Å². The Balaban J connectivity index is 1.88. The van der Waals surface area contributed by atoms with Crippen LogP contribution in [-0.2, 0) is 23.8 Å². The van der Waals surface area contributed by atoms with Crippen LogP contribution >= 0.6 is 0 Å². The van der Waals surface area contributed by atoms with E-state index in [1.54, 1.807) is 30.3 Å². The molecule has 9 nitrogen and oxygen atoms in total. The summed E-state index contributed by atoms with van der Waals surface area (Å²) in [5, 5.41) is 30.1. The molecule has 0 radical (unpaired) electrons. The molecule has 1 heterocycles. The molecule has 0 aromatic heterocycles. The van der Waals surface area contributed by atoms with Gasteiger partial charge in [0, 0.05) is 0 Å². The van der Waals surface area contributed by atoms with E-state index in [4.69, 9.17) is 14.2 Å². The summed E-state index contributed by atoms with van der Waals surface area (Å²) in [6, 6.07) is 8.46. The average molecular weight is 382 g/mol. The van der Waals surface area contributed by atoms with Gasteiger partial charge in [-0.2, -0.15) is 0 Å². The van der Waals surface area contributed by atoms with Gasteiger partial charge in [-0.15, -0.1) is 0 Å². The molecule has 2 rings (SSSR count). The molecule has 3 N–H and O–H groups in total. The average Bonchev–Trinajstić information content (AvgIpc) is 2.67. The van der Waals surface area contributed by atoms with Crippen molar-refractivity contribution in [1.82, 2.24) is 0 Å². The Morgan fingerprint density at radius 1 is 1.04 bits per heavy atom. The third kappa shape index (κ3) is 6.04. The first kappa shape index (κ1) is 20.8. The van der Waals surface area contributed by atoms with Gasteiger partial charge in [-0.1, -0.05) is 24.8 Å². The Kier molecular flexibility index (Phi) is 7.74. The zero-order chi connectivity index (χ0) is 19.8. The van der Waals surface area contributed by atoms with Crippen LogP contribution in [0.1, 0.15) is 12.8 Å². The summed E-state index contributed by atoms with van der Waals surface area (Å²) < 4.78 is 20.3. The summed E-state index contributed by atoms with van der Waals surface area (Å²) in [4.78, 5) is 22.8. The molecule has 0 spiro atoms. The Morgan fingerprint density at radius 2 is 1.70 bits per heavy atom. The minimum Gasteiger partial charge on any atom is -0.463 e. The number of hydrogen-bond acceptors (Lipinski definition) is 9. The van der Waals surface area contributed by atoms with E-state index < -0.39 is 49.3 Å². The minimum absolute atomic E-state index is 0.194. The molecule has 1 fully saturated rings. The molecule has 1 aromatic carbocycles. The Bertz CT molecular complexity index is 633. The minimum atomic E-state index is -1.56. The molecule has 0 unspecified atom stereocenters. The van der Waals surface area contributed by atoms with Crippen LogP contribution in [0, 0.1) is 0 Å². The van der Waals surface area contributed by atoms with Crippen molar-refractivity contribution in [1.29, 1.82) is 0 Å². The smallest absolute Gasteiger partial charge is 0.311 e. The first-order chi connectivity index (χ1) is 12.9. The molecular weight excluding hydrogens is 360 g/mol. The third-order valence-electron chi connectivity index (χ3n) is 3.82. The molecule has 0 aliphatic carbocycles. The van der Waals surface area contributed by atoms with Gasteiger partial charge < -0.3 is 34.3 Å². The largest absolute Gasteiger partial charge is 0.463 e. The topological polar surface area (TPSA) is 132 Å². The number of carbonyl (C=O) groups is 2. The fourth-order valence-electron chi connectivity index (χ4n) is 2.39. The van der Waals surface area contributed by atoms with Crippen molar-refractivity contribution in [3.63, 3.8) is 0 Å². The Morgan fingerprint density at radius 3 is 2.37 bits per heavy atom. The van der Waals surface area contributed by atoms with Crippen LogP contribution in [0.25, 0.3) is 0 Å². The maximum atomic E-state index is 11.7. The second-order valence-corrected chi connectivity index (χ2v) is 5.79. The van der Waals surface area contributed by atoms with E-state index in [9.17, 15) is 24.9 Å². The number of esters is 2. The number of aliphatic hydroxyl groups is 3. The first-order valence-corrected chi connectivity index (χ1v) is 8.29. The second kappa shape index (κ2) is 10.0. The summed E-state index contributed by atoms with van der Waals surface area (Å²) in [5.41, 5.74) is 0. The van der Waals surface area contributed by atoms with Crippen LogP contribution in [0.4, 0.5) is 0 Å². The number of rotatable bonds is 8. The van der Waals surface area contributed by atoms with Crippen molar-refractivity contribution >= 4 is 11.9 Å². The van der Waals surface area contributed by atoms with Gasteiger partial charge in [0.1, 0.15) is 36.8 Å². The van der Waals surface area contributed by atoms with Gasteiger partial charge in [-0.25, -0.2) is 0 Å². The van der Waals surface area contributed by atoms with Gasteiger partial charge >= 0.3 is 11.9 Å². The molecule has 0 amide bonds. The van der Waals surface area contributed by atoms with Crippen LogP contribution < -0.4 is 4.74 Å². The molecule has 1 aliphatic rings. The van der Waals surface area contributed by atoms with Crippen LogP contribution in [-0.4, -0.2) is 64.6 Å². The van der Waals surface area contributed by atoms with E-state index in [2.05, 4.69) is 11.3 Å². The van der Waals surface area contributed by atoms with Crippen molar-refractivity contribution in [2.45, 2.75) is 43.5 Å². The number of para-hydroxylation sites is 1. The van der Waals surface area contributed by atoms with E-state index in [0.717, 1.165) is 6.26 Å². The Labute approximate surface area is 155 Å².